The number of hydrogen-bond acceptors (Lipinski definition) is 4. The summed E-state index contributed by atoms with van der Waals surface area (Å²) in [5, 5.41) is 2.78. The third-order valence-electron chi connectivity index (χ3n) is 3.62. The predicted molar refractivity (Wildman–Crippen MR) is 92.4 cm³/mol. The smallest absolute Gasteiger partial charge is 0.286 e. The Bertz CT molecular complexity index is 631. The van der Waals surface area contributed by atoms with Crippen LogP contribution in [-0.2, 0) is 11.3 Å². The molecular weight excluding hydrogens is 306 g/mol. The number of amides is 1. The van der Waals surface area contributed by atoms with Crippen LogP contribution in [0.15, 0.2) is 40.8 Å². The van der Waals surface area contributed by atoms with Crippen molar-refractivity contribution in [2.75, 3.05) is 20.3 Å². The maximum absolute atomic E-state index is 11.9. The van der Waals surface area contributed by atoms with Crippen molar-refractivity contribution in [3.05, 3.63) is 53.5 Å². The number of benzene rings is 1. The van der Waals surface area contributed by atoms with Crippen LogP contribution in [0, 0.1) is 0 Å². The fourth-order valence-corrected chi connectivity index (χ4v) is 2.19. The van der Waals surface area contributed by atoms with E-state index in [0.29, 0.717) is 30.6 Å². The molecule has 2 rings (SSSR count). The average Bonchev–Trinajstić information content (AvgIpc) is 3.06. The van der Waals surface area contributed by atoms with Gasteiger partial charge in [-0.3, -0.25) is 4.79 Å². The molecule has 1 N–H and O–H groups in total. The van der Waals surface area contributed by atoms with Gasteiger partial charge in [0.05, 0.1) is 0 Å². The first kappa shape index (κ1) is 18.1. The van der Waals surface area contributed by atoms with E-state index in [1.54, 1.807) is 19.2 Å². The summed E-state index contributed by atoms with van der Waals surface area (Å²) in [7, 11) is 1.64. The highest BCUT2D eigenvalue weighted by atomic mass is 16.5. The summed E-state index contributed by atoms with van der Waals surface area (Å²) in [4.78, 5) is 11.9. The first-order valence-electron chi connectivity index (χ1n) is 8.18. The molecule has 5 heteroatoms. The van der Waals surface area contributed by atoms with Crippen molar-refractivity contribution < 1.29 is 18.7 Å². The molecule has 0 aliphatic rings. The van der Waals surface area contributed by atoms with Gasteiger partial charge in [-0.15, -0.1) is 0 Å². The Morgan fingerprint density at radius 3 is 2.58 bits per heavy atom. The van der Waals surface area contributed by atoms with Crippen LogP contribution in [0.25, 0.3) is 0 Å². The number of carbonyl (C=O) groups is 1. The molecule has 1 amide bonds. The molecule has 0 atom stereocenters. The lowest BCUT2D eigenvalue weighted by molar-refractivity contribution is 0.0917. The monoisotopic (exact) mass is 331 g/mol. The van der Waals surface area contributed by atoms with Crippen LogP contribution in [0.1, 0.15) is 48.1 Å². The number of rotatable bonds is 9. The van der Waals surface area contributed by atoms with Crippen LogP contribution in [0.2, 0.25) is 0 Å². The van der Waals surface area contributed by atoms with Gasteiger partial charge >= 0.3 is 0 Å². The van der Waals surface area contributed by atoms with Crippen LogP contribution in [0.3, 0.4) is 0 Å². The zero-order chi connectivity index (χ0) is 17.4. The molecule has 1 aromatic heterocycles. The Balaban J connectivity index is 1.81. The van der Waals surface area contributed by atoms with Gasteiger partial charge in [0.2, 0.25) is 0 Å². The Morgan fingerprint density at radius 1 is 1.17 bits per heavy atom. The molecule has 0 unspecified atom stereocenters. The van der Waals surface area contributed by atoms with E-state index >= 15 is 0 Å². The zero-order valence-corrected chi connectivity index (χ0v) is 14.5. The lowest BCUT2D eigenvalue weighted by Crippen LogP contribution is -2.24. The molecule has 5 nitrogen and oxygen atoms in total. The Hall–Kier alpha value is -2.27. The van der Waals surface area contributed by atoms with E-state index < -0.39 is 0 Å². The van der Waals surface area contributed by atoms with E-state index in [4.69, 9.17) is 13.9 Å². The van der Waals surface area contributed by atoms with Gasteiger partial charge in [0.15, 0.2) is 5.76 Å². The number of carbonyl (C=O) groups excluding carboxylic acids is 1. The van der Waals surface area contributed by atoms with Crippen molar-refractivity contribution in [2.45, 2.75) is 32.8 Å². The Kier molecular flexibility index (Phi) is 6.88. The first-order chi connectivity index (χ1) is 11.6. The molecule has 0 radical (unpaired) electrons. The summed E-state index contributed by atoms with van der Waals surface area (Å²) in [6.07, 6.45) is 0.769. The summed E-state index contributed by atoms with van der Waals surface area (Å²) in [6.45, 7) is 5.77. The van der Waals surface area contributed by atoms with Crippen molar-refractivity contribution >= 4 is 5.91 Å². The fourth-order valence-electron chi connectivity index (χ4n) is 2.19. The van der Waals surface area contributed by atoms with Crippen LogP contribution in [0.5, 0.6) is 5.75 Å². The minimum atomic E-state index is -0.223. The zero-order valence-electron chi connectivity index (χ0n) is 14.5. The van der Waals surface area contributed by atoms with Crippen molar-refractivity contribution in [2.24, 2.45) is 0 Å². The van der Waals surface area contributed by atoms with Crippen molar-refractivity contribution in [1.82, 2.24) is 5.32 Å². The maximum Gasteiger partial charge on any atom is 0.286 e. The number of hydrogen-bond donors (Lipinski definition) is 1. The van der Waals surface area contributed by atoms with Gasteiger partial charge < -0.3 is 19.2 Å². The molecule has 0 saturated heterocycles. The topological polar surface area (TPSA) is 60.7 Å². The lowest BCUT2D eigenvalue weighted by Gasteiger charge is -2.08. The van der Waals surface area contributed by atoms with Crippen LogP contribution in [0.4, 0.5) is 0 Å². The van der Waals surface area contributed by atoms with Crippen LogP contribution >= 0.6 is 0 Å². The summed E-state index contributed by atoms with van der Waals surface area (Å²) in [6, 6.07) is 11.4. The molecule has 1 aromatic carbocycles. The highest BCUT2D eigenvalue weighted by Crippen LogP contribution is 2.19. The first-order valence-corrected chi connectivity index (χ1v) is 8.18. The fraction of sp³-hybridized carbons (Fsp3) is 0.421. The average molecular weight is 331 g/mol. The minimum absolute atomic E-state index is 0.223. The molecule has 24 heavy (non-hydrogen) atoms. The molecule has 0 spiro atoms. The molecule has 0 fully saturated rings. The van der Waals surface area contributed by atoms with Gasteiger partial charge in [-0.1, -0.05) is 26.0 Å². The Labute approximate surface area is 143 Å². The van der Waals surface area contributed by atoms with Gasteiger partial charge in [0.25, 0.3) is 5.91 Å². The molecule has 0 aliphatic heterocycles. The van der Waals surface area contributed by atoms with Crippen molar-refractivity contribution in [3.63, 3.8) is 0 Å². The van der Waals surface area contributed by atoms with E-state index in [9.17, 15) is 4.79 Å². The van der Waals surface area contributed by atoms with E-state index in [2.05, 4.69) is 31.3 Å². The lowest BCUT2D eigenvalue weighted by atomic mass is 10.0. The standard InChI is InChI=1S/C19H25NO4/c1-14(2)15-5-7-16(8-6-15)23-13-17-9-10-18(24-17)19(21)20-11-4-12-22-3/h5-10,14H,4,11-13H2,1-3H3,(H,20,21). The Morgan fingerprint density at radius 2 is 1.92 bits per heavy atom. The molecule has 0 aliphatic carbocycles. The SMILES string of the molecule is COCCCNC(=O)c1ccc(COc2ccc(C(C)C)cc2)o1. The molecule has 0 bridgehead atoms. The van der Waals surface area contributed by atoms with E-state index in [0.717, 1.165) is 12.2 Å². The normalized spacial score (nSPS) is 10.8. The van der Waals surface area contributed by atoms with Crippen LogP contribution in [-0.4, -0.2) is 26.2 Å². The second kappa shape index (κ2) is 9.13. The van der Waals surface area contributed by atoms with Crippen LogP contribution < -0.4 is 10.1 Å². The van der Waals surface area contributed by atoms with E-state index in [1.807, 2.05) is 12.1 Å². The number of furan rings is 1. The summed E-state index contributed by atoms with van der Waals surface area (Å²) in [5.41, 5.74) is 1.27. The number of ether oxygens (including phenoxy) is 2. The van der Waals surface area contributed by atoms with Gasteiger partial charge in [-0.25, -0.2) is 0 Å². The largest absolute Gasteiger partial charge is 0.486 e. The molecule has 130 valence electrons. The molecule has 0 saturated carbocycles. The summed E-state index contributed by atoms with van der Waals surface area (Å²) >= 11 is 0. The molecule has 2 aromatic rings. The van der Waals surface area contributed by atoms with Gasteiger partial charge in [-0.05, 0) is 42.2 Å². The van der Waals surface area contributed by atoms with Crippen molar-refractivity contribution in [1.29, 1.82) is 0 Å². The second-order valence-electron chi connectivity index (χ2n) is 5.88. The van der Waals surface area contributed by atoms with Gasteiger partial charge in [0.1, 0.15) is 18.1 Å². The maximum atomic E-state index is 11.9. The van der Waals surface area contributed by atoms with Gasteiger partial charge in [0, 0.05) is 20.3 Å². The molecule has 1 heterocycles. The van der Waals surface area contributed by atoms with E-state index in [-0.39, 0.29) is 12.5 Å². The third kappa shape index (κ3) is 5.42. The minimum Gasteiger partial charge on any atom is -0.486 e. The van der Waals surface area contributed by atoms with Crippen molar-refractivity contribution in [3.8, 4) is 5.75 Å². The summed E-state index contributed by atoms with van der Waals surface area (Å²) < 4.78 is 16.1. The van der Waals surface area contributed by atoms with E-state index in [1.165, 1.54) is 5.56 Å². The highest BCUT2D eigenvalue weighted by molar-refractivity contribution is 5.91. The molecular formula is C19H25NO4. The summed E-state index contributed by atoms with van der Waals surface area (Å²) in [5.74, 6) is 1.96. The predicted octanol–water partition coefficient (Wildman–Crippen LogP) is 3.75. The number of nitrogens with one attached hydrogen (secondary N) is 1. The quantitative estimate of drug-likeness (QED) is 0.711. The van der Waals surface area contributed by atoms with Gasteiger partial charge in [-0.2, -0.15) is 0 Å². The third-order valence-corrected chi connectivity index (χ3v) is 3.62. The second-order valence-corrected chi connectivity index (χ2v) is 5.88. The number of methoxy groups -OCH3 is 1. The highest BCUT2D eigenvalue weighted by Gasteiger charge is 2.11.